The average molecular weight is 360 g/mol. The lowest BCUT2D eigenvalue weighted by Crippen LogP contribution is -2.33. The van der Waals surface area contributed by atoms with Crippen LogP contribution in [0.15, 0.2) is 72.8 Å². The van der Waals surface area contributed by atoms with Crippen molar-refractivity contribution in [1.29, 1.82) is 0 Å². The molecular formula is C23H24N2O2. The number of fused-ring (bicyclic) bond motifs is 1. The van der Waals surface area contributed by atoms with E-state index in [4.69, 9.17) is 10.5 Å². The minimum atomic E-state index is 0.0139. The lowest BCUT2D eigenvalue weighted by atomic mass is 9.89. The van der Waals surface area contributed by atoms with Crippen LogP contribution in [0.25, 0.3) is 10.8 Å². The number of carbonyl (C=O) groups is 1. The van der Waals surface area contributed by atoms with Crippen molar-refractivity contribution in [3.8, 4) is 5.75 Å². The first-order chi connectivity index (χ1) is 13.2. The first-order valence-corrected chi connectivity index (χ1v) is 9.39. The second-order valence-electron chi connectivity index (χ2n) is 7.11. The van der Waals surface area contributed by atoms with Gasteiger partial charge in [0.15, 0.2) is 6.61 Å². The van der Waals surface area contributed by atoms with Crippen LogP contribution < -0.4 is 10.5 Å². The number of rotatable bonds is 5. The largest absolute Gasteiger partial charge is 0.484 e. The molecule has 3 aromatic rings. The molecule has 4 rings (SSSR count). The standard InChI is InChI=1S/C23H24N2O2/c24-13-20-14-25(15-22(20)18-7-2-1-3-8-18)23(26)16-27-21-11-10-17-6-4-5-9-19(17)12-21/h1-12,20,22H,13-16,24H2/t20-,22+/m1/s1. The van der Waals surface area contributed by atoms with Crippen molar-refractivity contribution in [1.82, 2.24) is 4.90 Å². The summed E-state index contributed by atoms with van der Waals surface area (Å²) in [5.41, 5.74) is 7.22. The van der Waals surface area contributed by atoms with E-state index < -0.39 is 0 Å². The van der Waals surface area contributed by atoms with Gasteiger partial charge in [0.1, 0.15) is 5.75 Å². The maximum atomic E-state index is 12.7. The van der Waals surface area contributed by atoms with Gasteiger partial charge in [-0.3, -0.25) is 4.79 Å². The van der Waals surface area contributed by atoms with Gasteiger partial charge < -0.3 is 15.4 Å². The van der Waals surface area contributed by atoms with Crippen LogP contribution in [0.1, 0.15) is 11.5 Å². The minimum Gasteiger partial charge on any atom is -0.484 e. The third-order valence-electron chi connectivity index (χ3n) is 5.41. The van der Waals surface area contributed by atoms with E-state index in [0.29, 0.717) is 25.6 Å². The zero-order chi connectivity index (χ0) is 18.6. The number of carbonyl (C=O) groups excluding carboxylic acids is 1. The highest BCUT2D eigenvalue weighted by Crippen LogP contribution is 2.32. The fraction of sp³-hybridized carbons (Fsp3) is 0.261. The molecule has 1 heterocycles. The number of amides is 1. The second-order valence-corrected chi connectivity index (χ2v) is 7.11. The number of hydrogen-bond acceptors (Lipinski definition) is 3. The zero-order valence-electron chi connectivity index (χ0n) is 15.3. The van der Waals surface area contributed by atoms with Crippen molar-refractivity contribution >= 4 is 16.7 Å². The van der Waals surface area contributed by atoms with E-state index in [9.17, 15) is 4.79 Å². The monoisotopic (exact) mass is 360 g/mol. The van der Waals surface area contributed by atoms with Gasteiger partial charge in [-0.15, -0.1) is 0 Å². The van der Waals surface area contributed by atoms with Gasteiger partial charge >= 0.3 is 0 Å². The lowest BCUT2D eigenvalue weighted by Gasteiger charge is -2.17. The van der Waals surface area contributed by atoms with Crippen LogP contribution in [0.2, 0.25) is 0 Å². The summed E-state index contributed by atoms with van der Waals surface area (Å²) >= 11 is 0. The van der Waals surface area contributed by atoms with Crippen LogP contribution in [0.4, 0.5) is 0 Å². The summed E-state index contributed by atoms with van der Waals surface area (Å²) in [6.07, 6.45) is 0. The molecule has 0 spiro atoms. The number of ether oxygens (including phenoxy) is 1. The van der Waals surface area contributed by atoms with Crippen LogP contribution in [0.5, 0.6) is 5.75 Å². The summed E-state index contributed by atoms with van der Waals surface area (Å²) in [7, 11) is 0. The molecule has 4 heteroatoms. The molecule has 1 aliphatic heterocycles. The van der Waals surface area contributed by atoms with Gasteiger partial charge in [0.05, 0.1) is 0 Å². The van der Waals surface area contributed by atoms with Crippen LogP contribution >= 0.6 is 0 Å². The van der Waals surface area contributed by atoms with Crippen LogP contribution in [-0.2, 0) is 4.79 Å². The van der Waals surface area contributed by atoms with Gasteiger partial charge in [-0.05, 0) is 40.9 Å². The Labute approximate surface area is 159 Å². The maximum Gasteiger partial charge on any atom is 0.260 e. The SMILES string of the molecule is NC[C@@H]1CN(C(=O)COc2ccc3ccccc3c2)C[C@H]1c1ccccc1. The Bertz CT molecular complexity index is 926. The minimum absolute atomic E-state index is 0.0139. The first-order valence-electron chi connectivity index (χ1n) is 9.39. The molecule has 1 aliphatic rings. The average Bonchev–Trinajstić information content (AvgIpc) is 3.17. The Kier molecular flexibility index (Phi) is 5.07. The van der Waals surface area contributed by atoms with Crippen molar-refractivity contribution in [3.63, 3.8) is 0 Å². The summed E-state index contributed by atoms with van der Waals surface area (Å²) in [6.45, 7) is 2.02. The first kappa shape index (κ1) is 17.6. The van der Waals surface area contributed by atoms with E-state index in [0.717, 1.165) is 16.5 Å². The van der Waals surface area contributed by atoms with Gasteiger partial charge in [0, 0.05) is 19.0 Å². The molecule has 0 aromatic heterocycles. The summed E-state index contributed by atoms with van der Waals surface area (Å²) < 4.78 is 5.78. The number of benzene rings is 3. The Morgan fingerprint density at radius 3 is 2.48 bits per heavy atom. The third-order valence-corrected chi connectivity index (χ3v) is 5.41. The third kappa shape index (κ3) is 3.81. The highest BCUT2D eigenvalue weighted by atomic mass is 16.5. The molecule has 27 heavy (non-hydrogen) atoms. The summed E-state index contributed by atoms with van der Waals surface area (Å²) in [6, 6.07) is 24.3. The molecule has 1 fully saturated rings. The van der Waals surface area contributed by atoms with Crippen molar-refractivity contribution in [3.05, 3.63) is 78.4 Å². The van der Waals surface area contributed by atoms with E-state index in [2.05, 4.69) is 18.2 Å². The molecule has 1 amide bonds. The molecule has 3 aromatic carbocycles. The number of likely N-dealkylation sites (tertiary alicyclic amines) is 1. The summed E-state index contributed by atoms with van der Waals surface area (Å²) in [5.74, 6) is 1.31. The highest BCUT2D eigenvalue weighted by molar-refractivity contribution is 5.84. The number of hydrogen-bond donors (Lipinski definition) is 1. The van der Waals surface area contributed by atoms with E-state index >= 15 is 0 Å². The van der Waals surface area contributed by atoms with Crippen LogP contribution in [0.3, 0.4) is 0 Å². The van der Waals surface area contributed by atoms with Gasteiger partial charge in [-0.1, -0.05) is 60.7 Å². The number of nitrogens with zero attached hydrogens (tertiary/aromatic N) is 1. The Hall–Kier alpha value is -2.85. The van der Waals surface area contributed by atoms with Gasteiger partial charge in [-0.2, -0.15) is 0 Å². The Morgan fingerprint density at radius 2 is 1.70 bits per heavy atom. The maximum absolute atomic E-state index is 12.7. The molecule has 0 saturated carbocycles. The Balaban J connectivity index is 1.40. The summed E-state index contributed by atoms with van der Waals surface area (Å²) in [5, 5.41) is 2.27. The lowest BCUT2D eigenvalue weighted by molar-refractivity contribution is -0.132. The van der Waals surface area contributed by atoms with E-state index in [1.54, 1.807) is 0 Å². The highest BCUT2D eigenvalue weighted by Gasteiger charge is 2.35. The van der Waals surface area contributed by atoms with Gasteiger partial charge in [0.25, 0.3) is 5.91 Å². The molecular weight excluding hydrogens is 336 g/mol. The molecule has 0 unspecified atom stereocenters. The molecule has 0 aliphatic carbocycles. The van der Waals surface area contributed by atoms with Crippen LogP contribution in [0, 0.1) is 5.92 Å². The van der Waals surface area contributed by atoms with Crippen molar-refractivity contribution in [2.24, 2.45) is 11.7 Å². The molecule has 1 saturated heterocycles. The molecule has 4 nitrogen and oxygen atoms in total. The van der Waals surface area contributed by atoms with Gasteiger partial charge in [-0.25, -0.2) is 0 Å². The molecule has 0 bridgehead atoms. The van der Waals surface area contributed by atoms with Crippen molar-refractivity contribution < 1.29 is 9.53 Å². The van der Waals surface area contributed by atoms with E-state index in [1.807, 2.05) is 59.5 Å². The van der Waals surface area contributed by atoms with Crippen molar-refractivity contribution in [2.45, 2.75) is 5.92 Å². The van der Waals surface area contributed by atoms with Crippen LogP contribution in [-0.4, -0.2) is 37.0 Å². The molecule has 138 valence electrons. The smallest absolute Gasteiger partial charge is 0.260 e. The normalized spacial score (nSPS) is 19.4. The fourth-order valence-corrected chi connectivity index (χ4v) is 3.89. The topological polar surface area (TPSA) is 55.6 Å². The number of nitrogens with two attached hydrogens (primary N) is 1. The van der Waals surface area contributed by atoms with Crippen molar-refractivity contribution in [2.75, 3.05) is 26.2 Å². The summed E-state index contributed by atoms with van der Waals surface area (Å²) in [4.78, 5) is 14.6. The molecule has 2 atom stereocenters. The predicted octanol–water partition coefficient (Wildman–Crippen LogP) is 3.42. The second kappa shape index (κ2) is 7.80. The predicted molar refractivity (Wildman–Crippen MR) is 108 cm³/mol. The molecule has 0 radical (unpaired) electrons. The van der Waals surface area contributed by atoms with E-state index in [-0.39, 0.29) is 18.4 Å². The molecule has 2 N–H and O–H groups in total. The quantitative estimate of drug-likeness (QED) is 0.758. The van der Waals surface area contributed by atoms with E-state index in [1.165, 1.54) is 5.56 Å². The van der Waals surface area contributed by atoms with Gasteiger partial charge in [0.2, 0.25) is 0 Å². The zero-order valence-corrected chi connectivity index (χ0v) is 15.3. The Morgan fingerprint density at radius 1 is 0.963 bits per heavy atom. The fourth-order valence-electron chi connectivity index (χ4n) is 3.89.